The van der Waals surface area contributed by atoms with Gasteiger partial charge < -0.3 is 14.8 Å². The molecular formula is C27H21ClIN3O6. The molecule has 0 radical (unpaired) electrons. The number of nitrogens with one attached hydrogen (secondary N) is 2. The fraction of sp³-hybridized carbons (Fsp3) is 0.111. The normalized spacial score (nSPS) is 14.3. The number of carbonyl (C=O) groups is 4. The number of rotatable bonds is 8. The topological polar surface area (TPSA) is 114 Å². The first-order chi connectivity index (χ1) is 18.3. The predicted molar refractivity (Wildman–Crippen MR) is 151 cm³/mol. The standard InChI is InChI=1S/C27H21ClIN3O6/c1-2-37-22-14-16(13-21(29)24(22)38-15-23(33)30-18-6-4-3-5-7-18)12-20-25(34)31-27(36)32(26(20)35)19-10-8-17(28)9-11-19/h3-14H,2,15H2,1H3,(H,30,33)(H,31,34,36)/b20-12+. The van der Waals surface area contributed by atoms with E-state index in [1.54, 1.807) is 31.2 Å². The second-order valence-electron chi connectivity index (χ2n) is 7.90. The molecule has 0 atom stereocenters. The number of urea groups is 1. The van der Waals surface area contributed by atoms with Gasteiger partial charge in [0.1, 0.15) is 5.57 Å². The molecule has 38 heavy (non-hydrogen) atoms. The minimum atomic E-state index is -0.860. The maximum absolute atomic E-state index is 13.2. The van der Waals surface area contributed by atoms with Crippen molar-refractivity contribution in [2.45, 2.75) is 6.92 Å². The van der Waals surface area contributed by atoms with E-state index < -0.39 is 17.8 Å². The van der Waals surface area contributed by atoms with Crippen molar-refractivity contribution in [2.75, 3.05) is 23.4 Å². The molecule has 1 saturated heterocycles. The summed E-state index contributed by atoms with van der Waals surface area (Å²) in [6.07, 6.45) is 1.36. The molecule has 0 aromatic heterocycles. The van der Waals surface area contributed by atoms with Gasteiger partial charge in [-0.1, -0.05) is 29.8 Å². The number of ether oxygens (including phenoxy) is 2. The largest absolute Gasteiger partial charge is 0.490 e. The summed E-state index contributed by atoms with van der Waals surface area (Å²) in [7, 11) is 0. The smallest absolute Gasteiger partial charge is 0.335 e. The maximum atomic E-state index is 13.2. The van der Waals surface area contributed by atoms with E-state index in [1.165, 1.54) is 30.3 Å². The lowest BCUT2D eigenvalue weighted by Gasteiger charge is -2.26. The Bertz CT molecular complexity index is 1430. The fourth-order valence-electron chi connectivity index (χ4n) is 3.58. The number of imide groups is 2. The van der Waals surface area contributed by atoms with Gasteiger partial charge in [-0.05, 0) is 89.7 Å². The van der Waals surface area contributed by atoms with Gasteiger partial charge in [0.15, 0.2) is 18.1 Å². The highest BCUT2D eigenvalue weighted by atomic mass is 127. The molecule has 194 valence electrons. The lowest BCUT2D eigenvalue weighted by atomic mass is 10.1. The zero-order valence-electron chi connectivity index (χ0n) is 20.0. The Hall–Kier alpha value is -3.90. The van der Waals surface area contributed by atoms with Gasteiger partial charge in [0, 0.05) is 10.7 Å². The van der Waals surface area contributed by atoms with Crippen molar-refractivity contribution in [2.24, 2.45) is 0 Å². The molecule has 2 N–H and O–H groups in total. The number of para-hydroxylation sites is 1. The number of nitrogens with zero attached hydrogens (tertiary/aromatic N) is 1. The van der Waals surface area contributed by atoms with Gasteiger partial charge >= 0.3 is 6.03 Å². The van der Waals surface area contributed by atoms with Crippen LogP contribution in [0.25, 0.3) is 6.08 Å². The second-order valence-corrected chi connectivity index (χ2v) is 9.50. The Balaban J connectivity index is 1.58. The Morgan fingerprint density at radius 3 is 2.45 bits per heavy atom. The van der Waals surface area contributed by atoms with Gasteiger partial charge in [0.2, 0.25) is 0 Å². The fourth-order valence-corrected chi connectivity index (χ4v) is 4.49. The number of hydrogen-bond donors (Lipinski definition) is 2. The van der Waals surface area contributed by atoms with E-state index in [4.69, 9.17) is 21.1 Å². The first-order valence-corrected chi connectivity index (χ1v) is 12.8. The Morgan fingerprint density at radius 1 is 1.05 bits per heavy atom. The first kappa shape index (κ1) is 27.1. The van der Waals surface area contributed by atoms with Crippen LogP contribution >= 0.6 is 34.2 Å². The van der Waals surface area contributed by atoms with Gasteiger partial charge in [0.05, 0.1) is 15.9 Å². The molecule has 11 heteroatoms. The molecule has 1 heterocycles. The third-order valence-electron chi connectivity index (χ3n) is 5.23. The number of hydrogen-bond acceptors (Lipinski definition) is 6. The average Bonchev–Trinajstić information content (AvgIpc) is 2.88. The maximum Gasteiger partial charge on any atom is 0.335 e. The summed E-state index contributed by atoms with van der Waals surface area (Å²) in [6, 6.07) is 17.5. The van der Waals surface area contributed by atoms with Gasteiger partial charge in [-0.3, -0.25) is 19.7 Å². The van der Waals surface area contributed by atoms with Crippen molar-refractivity contribution in [1.29, 1.82) is 0 Å². The van der Waals surface area contributed by atoms with Gasteiger partial charge in [-0.15, -0.1) is 0 Å². The van der Waals surface area contributed by atoms with Crippen molar-refractivity contribution in [3.8, 4) is 11.5 Å². The van der Waals surface area contributed by atoms with Gasteiger partial charge in [-0.2, -0.15) is 0 Å². The van der Waals surface area contributed by atoms with Crippen LogP contribution in [0.4, 0.5) is 16.2 Å². The molecule has 0 spiro atoms. The molecule has 4 rings (SSSR count). The zero-order valence-corrected chi connectivity index (χ0v) is 22.9. The molecule has 1 fully saturated rings. The average molecular weight is 646 g/mol. The summed E-state index contributed by atoms with van der Waals surface area (Å²) < 4.78 is 12.1. The molecule has 0 unspecified atom stereocenters. The highest BCUT2D eigenvalue weighted by molar-refractivity contribution is 14.1. The van der Waals surface area contributed by atoms with E-state index in [-0.39, 0.29) is 23.8 Å². The summed E-state index contributed by atoms with van der Waals surface area (Å²) in [4.78, 5) is 51.4. The number of carbonyl (C=O) groups excluding carboxylic acids is 4. The second kappa shape index (κ2) is 12.1. The molecule has 3 aromatic rings. The van der Waals surface area contributed by atoms with E-state index in [2.05, 4.69) is 10.6 Å². The van der Waals surface area contributed by atoms with Crippen molar-refractivity contribution in [1.82, 2.24) is 5.32 Å². The highest BCUT2D eigenvalue weighted by Gasteiger charge is 2.36. The quantitative estimate of drug-likeness (QED) is 0.202. The highest BCUT2D eigenvalue weighted by Crippen LogP contribution is 2.35. The Labute approximate surface area is 236 Å². The molecule has 5 amide bonds. The minimum Gasteiger partial charge on any atom is -0.490 e. The zero-order chi connectivity index (χ0) is 27.2. The van der Waals surface area contributed by atoms with E-state index in [1.807, 2.05) is 40.8 Å². The third kappa shape index (κ3) is 6.32. The molecule has 1 aliphatic rings. The molecule has 9 nitrogen and oxygen atoms in total. The van der Waals surface area contributed by atoms with Crippen LogP contribution in [0.5, 0.6) is 11.5 Å². The molecule has 0 bridgehead atoms. The number of benzene rings is 3. The lowest BCUT2D eigenvalue weighted by molar-refractivity contribution is -0.122. The summed E-state index contributed by atoms with van der Waals surface area (Å²) in [5.41, 5.74) is 1.12. The first-order valence-electron chi connectivity index (χ1n) is 11.4. The molecule has 0 aliphatic carbocycles. The van der Waals surface area contributed by atoms with Crippen molar-refractivity contribution < 1.29 is 28.7 Å². The summed E-state index contributed by atoms with van der Waals surface area (Å²) in [5.74, 6) is -1.29. The summed E-state index contributed by atoms with van der Waals surface area (Å²) in [5, 5.41) is 5.36. The van der Waals surface area contributed by atoms with Crippen LogP contribution in [0.15, 0.2) is 72.3 Å². The minimum absolute atomic E-state index is 0.242. The van der Waals surface area contributed by atoms with E-state index >= 15 is 0 Å². The number of anilines is 2. The Kier molecular flexibility index (Phi) is 8.64. The molecular weight excluding hydrogens is 625 g/mol. The predicted octanol–water partition coefficient (Wildman–Crippen LogP) is 5.03. The van der Waals surface area contributed by atoms with Crippen LogP contribution < -0.4 is 25.0 Å². The Morgan fingerprint density at radius 2 is 1.76 bits per heavy atom. The van der Waals surface area contributed by atoms with Crippen molar-refractivity contribution in [3.63, 3.8) is 0 Å². The SMILES string of the molecule is CCOc1cc(/C=C2\C(=O)NC(=O)N(c3ccc(Cl)cc3)C2=O)cc(I)c1OCC(=O)Nc1ccccc1. The summed E-state index contributed by atoms with van der Waals surface area (Å²) >= 11 is 7.93. The van der Waals surface area contributed by atoms with E-state index in [9.17, 15) is 19.2 Å². The number of halogens is 2. The number of amides is 5. The number of barbiturate groups is 1. The van der Waals surface area contributed by atoms with Crippen molar-refractivity contribution in [3.05, 3.63) is 86.5 Å². The van der Waals surface area contributed by atoms with Crippen molar-refractivity contribution >= 4 is 75.4 Å². The van der Waals surface area contributed by atoms with E-state index in [0.717, 1.165) is 4.90 Å². The van der Waals surface area contributed by atoms with Gasteiger partial charge in [0.25, 0.3) is 17.7 Å². The van der Waals surface area contributed by atoms with Crippen LogP contribution in [0.1, 0.15) is 12.5 Å². The molecule has 1 aliphatic heterocycles. The third-order valence-corrected chi connectivity index (χ3v) is 6.29. The summed E-state index contributed by atoms with van der Waals surface area (Å²) in [6.45, 7) is 1.84. The van der Waals surface area contributed by atoms with Crippen LogP contribution in [0, 0.1) is 3.57 Å². The van der Waals surface area contributed by atoms with Crippen LogP contribution in [-0.4, -0.2) is 37.0 Å². The molecule has 0 saturated carbocycles. The van der Waals surface area contributed by atoms with Crippen LogP contribution in [0.3, 0.4) is 0 Å². The lowest BCUT2D eigenvalue weighted by Crippen LogP contribution is -2.54. The molecule has 3 aromatic carbocycles. The monoisotopic (exact) mass is 645 g/mol. The van der Waals surface area contributed by atoms with Gasteiger partial charge in [-0.25, -0.2) is 9.69 Å². The van der Waals surface area contributed by atoms with E-state index in [0.29, 0.717) is 37.9 Å². The van der Waals surface area contributed by atoms with Crippen LogP contribution in [0.2, 0.25) is 5.02 Å². The van der Waals surface area contributed by atoms with Crippen LogP contribution in [-0.2, 0) is 14.4 Å².